The molecule has 0 unspecified atom stereocenters. The molecule has 10 heteroatoms. The topological polar surface area (TPSA) is 87.7 Å². The Morgan fingerprint density at radius 3 is 2.29 bits per heavy atom. The summed E-state index contributed by atoms with van der Waals surface area (Å²) in [5.74, 6) is 1.56. The Kier molecular flexibility index (Phi) is 6.97. The summed E-state index contributed by atoms with van der Waals surface area (Å²) in [6, 6.07) is 13.1. The molecule has 4 rings (SSSR count). The highest BCUT2D eigenvalue weighted by atomic mass is 35.5. The Balaban J connectivity index is 1.50. The molecule has 2 aromatic carbocycles. The lowest BCUT2D eigenvalue weighted by molar-refractivity contribution is 0.372. The number of benzene rings is 2. The molecule has 2 heterocycles. The predicted molar refractivity (Wildman–Crippen MR) is 135 cm³/mol. The first kappa shape index (κ1) is 24.3. The van der Waals surface area contributed by atoms with Crippen LogP contribution in [0.1, 0.15) is 16.8 Å². The molecular formula is C24H28ClN5O3S. The monoisotopic (exact) mass is 501 g/mol. The van der Waals surface area contributed by atoms with Gasteiger partial charge in [-0.1, -0.05) is 29.3 Å². The number of halogens is 1. The first-order valence-electron chi connectivity index (χ1n) is 11.0. The summed E-state index contributed by atoms with van der Waals surface area (Å²) in [5, 5.41) is 3.71. The lowest BCUT2D eigenvalue weighted by atomic mass is 10.2. The molecule has 0 saturated carbocycles. The predicted octanol–water partition coefficient (Wildman–Crippen LogP) is 4.32. The van der Waals surface area contributed by atoms with E-state index < -0.39 is 10.0 Å². The highest BCUT2D eigenvalue weighted by Crippen LogP contribution is 2.32. The van der Waals surface area contributed by atoms with Crippen LogP contribution in [0.3, 0.4) is 0 Å². The number of methoxy groups -OCH3 is 1. The van der Waals surface area contributed by atoms with Gasteiger partial charge in [0.2, 0.25) is 16.0 Å². The molecule has 0 atom stereocenters. The van der Waals surface area contributed by atoms with Gasteiger partial charge >= 0.3 is 0 Å². The number of aryl methyl sites for hydroxylation is 3. The van der Waals surface area contributed by atoms with Crippen molar-refractivity contribution in [3.63, 3.8) is 0 Å². The van der Waals surface area contributed by atoms with Gasteiger partial charge in [-0.15, -0.1) is 0 Å². The van der Waals surface area contributed by atoms with E-state index in [1.54, 1.807) is 6.07 Å². The highest BCUT2D eigenvalue weighted by Gasteiger charge is 2.32. The van der Waals surface area contributed by atoms with Crippen molar-refractivity contribution in [2.75, 3.05) is 43.5 Å². The molecule has 1 N–H and O–H groups in total. The first-order valence-corrected chi connectivity index (χ1v) is 12.8. The Hall–Kier alpha value is -2.88. The number of aromatic nitrogens is 2. The van der Waals surface area contributed by atoms with Gasteiger partial charge in [-0.2, -0.15) is 9.29 Å². The quantitative estimate of drug-likeness (QED) is 0.538. The van der Waals surface area contributed by atoms with Gasteiger partial charge in [0.25, 0.3) is 0 Å². The fourth-order valence-corrected chi connectivity index (χ4v) is 5.62. The number of piperazine rings is 1. The summed E-state index contributed by atoms with van der Waals surface area (Å²) in [6.45, 7) is 7.30. The average molecular weight is 502 g/mol. The molecule has 0 bridgehead atoms. The summed E-state index contributed by atoms with van der Waals surface area (Å²) in [4.78, 5) is 11.3. The van der Waals surface area contributed by atoms with Crippen molar-refractivity contribution in [2.24, 2.45) is 0 Å². The molecule has 8 nitrogen and oxygen atoms in total. The molecule has 1 saturated heterocycles. The molecule has 180 valence electrons. The van der Waals surface area contributed by atoms with Crippen LogP contribution in [-0.4, -0.2) is 56.0 Å². The Morgan fingerprint density at radius 1 is 0.971 bits per heavy atom. The molecule has 0 amide bonds. The van der Waals surface area contributed by atoms with Crippen LogP contribution in [0.15, 0.2) is 47.4 Å². The van der Waals surface area contributed by atoms with Crippen LogP contribution in [0.5, 0.6) is 5.75 Å². The maximum Gasteiger partial charge on any atom is 0.246 e. The zero-order chi connectivity index (χ0) is 24.5. The highest BCUT2D eigenvalue weighted by molar-refractivity contribution is 7.89. The molecule has 1 aromatic heterocycles. The van der Waals surface area contributed by atoms with E-state index in [1.807, 2.05) is 56.0 Å². The number of anilines is 3. The maximum atomic E-state index is 13.3. The SMILES string of the molecule is COc1cc(C)c(Cl)cc1S(=O)(=O)N1CCN(c2nc(C)cc(Nc3ccc(C)cc3)n2)CC1. The molecule has 1 aliphatic rings. The standard InChI is InChI=1S/C24H28ClN5O3S/c1-16-5-7-19(8-6-16)27-23-14-18(3)26-24(28-23)29-9-11-30(12-10-29)34(31,32)22-15-20(25)17(2)13-21(22)33-4/h5-8,13-15H,9-12H2,1-4H3,(H,26,27,28). The summed E-state index contributed by atoms with van der Waals surface area (Å²) in [7, 11) is -2.31. The van der Waals surface area contributed by atoms with Crippen molar-refractivity contribution in [3.05, 3.63) is 64.3 Å². The van der Waals surface area contributed by atoms with Crippen molar-refractivity contribution >= 4 is 39.1 Å². The number of ether oxygens (including phenoxy) is 1. The van der Waals surface area contributed by atoms with Crippen molar-refractivity contribution in [1.29, 1.82) is 0 Å². The third-order valence-electron chi connectivity index (χ3n) is 5.75. The van der Waals surface area contributed by atoms with Crippen LogP contribution in [0, 0.1) is 20.8 Å². The molecule has 34 heavy (non-hydrogen) atoms. The maximum absolute atomic E-state index is 13.3. The van der Waals surface area contributed by atoms with Crippen molar-refractivity contribution < 1.29 is 13.2 Å². The fourth-order valence-electron chi connectivity index (χ4n) is 3.81. The number of nitrogens with zero attached hydrogens (tertiary/aromatic N) is 4. The zero-order valence-corrected chi connectivity index (χ0v) is 21.2. The minimum absolute atomic E-state index is 0.0791. The molecule has 0 radical (unpaired) electrons. The van der Waals surface area contributed by atoms with Gasteiger partial charge in [-0.3, -0.25) is 0 Å². The molecule has 3 aromatic rings. The van der Waals surface area contributed by atoms with E-state index in [0.29, 0.717) is 43.0 Å². The first-order chi connectivity index (χ1) is 16.2. The number of rotatable bonds is 6. The number of sulfonamides is 1. The number of hydrogen-bond acceptors (Lipinski definition) is 7. The molecule has 1 fully saturated rings. The molecule has 1 aliphatic heterocycles. The fraction of sp³-hybridized carbons (Fsp3) is 0.333. The summed E-state index contributed by atoms with van der Waals surface area (Å²) in [5.41, 5.74) is 3.71. The largest absolute Gasteiger partial charge is 0.495 e. The third kappa shape index (κ3) is 5.11. The second-order valence-corrected chi connectivity index (χ2v) is 10.6. The van der Waals surface area contributed by atoms with Gasteiger partial charge in [0, 0.05) is 48.6 Å². The van der Waals surface area contributed by atoms with Crippen LogP contribution in [0.4, 0.5) is 17.5 Å². The smallest absolute Gasteiger partial charge is 0.246 e. The summed E-state index contributed by atoms with van der Waals surface area (Å²) in [6.07, 6.45) is 0. The molecule has 0 aliphatic carbocycles. The van der Waals surface area contributed by atoms with Crippen LogP contribution in [0.25, 0.3) is 0 Å². The summed E-state index contributed by atoms with van der Waals surface area (Å²) >= 11 is 6.22. The van der Waals surface area contributed by atoms with Gasteiger partial charge in [-0.05, 0) is 50.6 Å². The van der Waals surface area contributed by atoms with Crippen LogP contribution in [-0.2, 0) is 10.0 Å². The van der Waals surface area contributed by atoms with Gasteiger partial charge in [0.05, 0.1) is 7.11 Å². The minimum atomic E-state index is -3.77. The second-order valence-electron chi connectivity index (χ2n) is 8.33. The summed E-state index contributed by atoms with van der Waals surface area (Å²) < 4.78 is 33.5. The van der Waals surface area contributed by atoms with E-state index in [4.69, 9.17) is 16.3 Å². The average Bonchev–Trinajstić information content (AvgIpc) is 2.81. The van der Waals surface area contributed by atoms with E-state index >= 15 is 0 Å². The number of hydrogen-bond donors (Lipinski definition) is 1. The van der Waals surface area contributed by atoms with Crippen LogP contribution < -0.4 is 15.0 Å². The molecular weight excluding hydrogens is 474 g/mol. The van der Waals surface area contributed by atoms with Crippen LogP contribution in [0.2, 0.25) is 5.02 Å². The van der Waals surface area contributed by atoms with Gasteiger partial charge in [0.15, 0.2) is 0 Å². The lowest BCUT2D eigenvalue weighted by Gasteiger charge is -2.34. The lowest BCUT2D eigenvalue weighted by Crippen LogP contribution is -2.49. The van der Waals surface area contributed by atoms with Crippen molar-refractivity contribution in [3.8, 4) is 5.75 Å². The van der Waals surface area contributed by atoms with Gasteiger partial charge < -0.3 is 15.0 Å². The van der Waals surface area contributed by atoms with Crippen molar-refractivity contribution in [2.45, 2.75) is 25.7 Å². The zero-order valence-electron chi connectivity index (χ0n) is 19.7. The van der Waals surface area contributed by atoms with Gasteiger partial charge in [-0.25, -0.2) is 13.4 Å². The van der Waals surface area contributed by atoms with Crippen molar-refractivity contribution in [1.82, 2.24) is 14.3 Å². The Morgan fingerprint density at radius 2 is 1.65 bits per heavy atom. The Bertz CT molecular complexity index is 1290. The normalized spacial score (nSPS) is 14.8. The Labute approximate surface area is 205 Å². The second kappa shape index (κ2) is 9.77. The third-order valence-corrected chi connectivity index (χ3v) is 8.08. The van der Waals surface area contributed by atoms with E-state index in [9.17, 15) is 8.42 Å². The van der Waals surface area contributed by atoms with E-state index in [0.717, 1.165) is 16.9 Å². The number of nitrogens with one attached hydrogen (secondary N) is 1. The van der Waals surface area contributed by atoms with Gasteiger partial charge in [0.1, 0.15) is 16.5 Å². The van der Waals surface area contributed by atoms with Crippen LogP contribution >= 0.6 is 11.6 Å². The molecule has 0 spiro atoms. The minimum Gasteiger partial charge on any atom is -0.495 e. The van der Waals surface area contributed by atoms with E-state index in [-0.39, 0.29) is 10.6 Å². The van der Waals surface area contributed by atoms with E-state index in [1.165, 1.54) is 23.0 Å². The van der Waals surface area contributed by atoms with E-state index in [2.05, 4.69) is 15.3 Å².